The number of Topliss-reactive ketones (excluding diaryl/α,β-unsaturated/α-hetero) is 1. The van der Waals surface area contributed by atoms with Crippen molar-refractivity contribution in [2.24, 2.45) is 0 Å². The van der Waals surface area contributed by atoms with Gasteiger partial charge in [-0.3, -0.25) is 14.4 Å². The molecule has 1 amide bonds. The van der Waals surface area contributed by atoms with Crippen LogP contribution in [0.15, 0.2) is 77.0 Å². The maximum atomic E-state index is 13.6. The number of ketones is 1. The minimum absolute atomic E-state index is 0.00346. The first-order valence-corrected chi connectivity index (χ1v) is 12.5. The average molecular weight is 521 g/mol. The van der Waals surface area contributed by atoms with Crippen molar-refractivity contribution in [2.75, 3.05) is 11.9 Å². The van der Waals surface area contributed by atoms with Gasteiger partial charge in [-0.1, -0.05) is 18.2 Å². The van der Waals surface area contributed by atoms with E-state index in [1.807, 2.05) is 23.6 Å². The van der Waals surface area contributed by atoms with E-state index in [1.165, 1.54) is 34.2 Å². The van der Waals surface area contributed by atoms with Gasteiger partial charge in [0.25, 0.3) is 5.56 Å². The standard InChI is InChI=1S/C28H22F2N2O4S/c29-22-8-5-17(11-23(22)30)15-32-9-1-3-21(28(32)35)25(33)12-19(26-4-2-10-37-26)16-36-20-7-6-18-13-27(34)31-24(18)14-20/h1-11,14,19H,12-13,15-16H2,(H,31,34)/t19-/m0/s1. The molecular formula is C28H22F2N2O4S. The second-order valence-corrected chi connectivity index (χ2v) is 9.78. The van der Waals surface area contributed by atoms with E-state index in [4.69, 9.17) is 4.74 Å². The fraction of sp³-hybridized carbons (Fsp3) is 0.179. The summed E-state index contributed by atoms with van der Waals surface area (Å²) < 4.78 is 34.2. The molecule has 37 heavy (non-hydrogen) atoms. The highest BCUT2D eigenvalue weighted by Crippen LogP contribution is 2.30. The van der Waals surface area contributed by atoms with Crippen molar-refractivity contribution in [1.82, 2.24) is 4.57 Å². The van der Waals surface area contributed by atoms with Crippen LogP contribution >= 0.6 is 11.3 Å². The summed E-state index contributed by atoms with van der Waals surface area (Å²) in [6.45, 7) is 0.207. The van der Waals surface area contributed by atoms with E-state index in [1.54, 1.807) is 18.2 Å². The molecule has 0 saturated carbocycles. The van der Waals surface area contributed by atoms with Crippen LogP contribution in [0.25, 0.3) is 0 Å². The second kappa shape index (κ2) is 10.5. The Kier molecular flexibility index (Phi) is 6.96. The molecule has 3 heterocycles. The van der Waals surface area contributed by atoms with E-state index in [9.17, 15) is 23.2 Å². The Morgan fingerprint density at radius 2 is 1.92 bits per heavy atom. The molecule has 188 valence electrons. The number of rotatable bonds is 9. The second-order valence-electron chi connectivity index (χ2n) is 8.80. The molecule has 0 saturated heterocycles. The number of fused-ring (bicyclic) bond motifs is 1. The third kappa shape index (κ3) is 5.51. The minimum atomic E-state index is -0.998. The molecule has 1 N–H and O–H groups in total. The Hall–Kier alpha value is -4.11. The van der Waals surface area contributed by atoms with Crippen molar-refractivity contribution >= 4 is 28.7 Å². The van der Waals surface area contributed by atoms with Gasteiger partial charge in [0.2, 0.25) is 5.91 Å². The summed E-state index contributed by atoms with van der Waals surface area (Å²) in [7, 11) is 0. The monoisotopic (exact) mass is 520 g/mol. The topological polar surface area (TPSA) is 77.4 Å². The van der Waals surface area contributed by atoms with Crippen molar-refractivity contribution in [2.45, 2.75) is 25.3 Å². The number of thiophene rings is 1. The number of carbonyl (C=O) groups is 2. The first kappa shape index (κ1) is 24.6. The number of anilines is 1. The molecule has 1 aliphatic heterocycles. The van der Waals surface area contributed by atoms with Gasteiger partial charge in [0.1, 0.15) is 5.75 Å². The lowest BCUT2D eigenvalue weighted by molar-refractivity contribution is -0.115. The molecule has 2 aromatic heterocycles. The van der Waals surface area contributed by atoms with Crippen LogP contribution < -0.4 is 15.6 Å². The van der Waals surface area contributed by atoms with Crippen LogP contribution in [0.5, 0.6) is 5.75 Å². The van der Waals surface area contributed by atoms with Gasteiger partial charge < -0.3 is 14.6 Å². The van der Waals surface area contributed by atoms with Gasteiger partial charge in [0.05, 0.1) is 25.1 Å². The zero-order valence-electron chi connectivity index (χ0n) is 19.6. The van der Waals surface area contributed by atoms with Crippen molar-refractivity contribution in [3.63, 3.8) is 0 Å². The molecule has 1 atom stereocenters. The molecule has 1 aliphatic rings. The molecule has 5 rings (SSSR count). The van der Waals surface area contributed by atoms with Gasteiger partial charge in [-0.05, 0) is 52.9 Å². The molecular weight excluding hydrogens is 498 g/mol. The predicted molar refractivity (Wildman–Crippen MR) is 136 cm³/mol. The zero-order valence-corrected chi connectivity index (χ0v) is 20.4. The largest absolute Gasteiger partial charge is 0.493 e. The van der Waals surface area contributed by atoms with Gasteiger partial charge >= 0.3 is 0 Å². The van der Waals surface area contributed by atoms with Crippen LogP contribution in [0.4, 0.5) is 14.5 Å². The summed E-state index contributed by atoms with van der Waals surface area (Å²) in [6, 6.07) is 15.7. The van der Waals surface area contributed by atoms with Gasteiger partial charge in [-0.25, -0.2) is 8.78 Å². The first-order valence-electron chi connectivity index (χ1n) is 11.6. The van der Waals surface area contributed by atoms with Gasteiger partial charge in [0.15, 0.2) is 17.4 Å². The van der Waals surface area contributed by atoms with Crippen molar-refractivity contribution in [3.8, 4) is 5.75 Å². The number of hydrogen-bond acceptors (Lipinski definition) is 5. The lowest BCUT2D eigenvalue weighted by atomic mass is 9.98. The number of ether oxygens (including phenoxy) is 1. The number of nitrogens with zero attached hydrogens (tertiary/aromatic N) is 1. The quantitative estimate of drug-likeness (QED) is 0.309. The Morgan fingerprint density at radius 3 is 2.70 bits per heavy atom. The fourth-order valence-corrected chi connectivity index (χ4v) is 5.10. The van der Waals surface area contributed by atoms with Crippen molar-refractivity contribution < 1.29 is 23.1 Å². The number of nitrogens with one attached hydrogen (secondary N) is 1. The molecule has 9 heteroatoms. The van der Waals surface area contributed by atoms with E-state index in [2.05, 4.69) is 5.32 Å². The van der Waals surface area contributed by atoms with E-state index in [0.29, 0.717) is 17.7 Å². The molecule has 0 unspecified atom stereocenters. The highest BCUT2D eigenvalue weighted by molar-refractivity contribution is 7.10. The number of pyridine rings is 1. The number of carbonyl (C=O) groups excluding carboxylic acids is 2. The third-order valence-electron chi connectivity index (χ3n) is 6.19. The Labute approximate surface area is 215 Å². The van der Waals surface area contributed by atoms with Crippen LogP contribution in [-0.2, 0) is 17.8 Å². The zero-order chi connectivity index (χ0) is 25.9. The maximum absolute atomic E-state index is 13.6. The third-order valence-corrected chi connectivity index (χ3v) is 7.23. The first-order chi connectivity index (χ1) is 17.9. The maximum Gasteiger partial charge on any atom is 0.261 e. The molecule has 0 fully saturated rings. The molecule has 2 aromatic carbocycles. The SMILES string of the molecule is O=C1Cc2ccc(OC[C@H](CC(=O)c3cccn(Cc4ccc(F)c(F)c4)c3=O)c3cccs3)cc2N1. The Balaban J connectivity index is 1.32. The van der Waals surface area contributed by atoms with Gasteiger partial charge in [-0.15, -0.1) is 11.3 Å². The average Bonchev–Trinajstić information content (AvgIpc) is 3.54. The number of amides is 1. The van der Waals surface area contributed by atoms with Crippen LogP contribution in [0.1, 0.15) is 38.7 Å². The molecule has 0 radical (unpaired) electrons. The number of halogens is 2. The van der Waals surface area contributed by atoms with Gasteiger partial charge in [-0.2, -0.15) is 0 Å². The molecule has 0 bridgehead atoms. The smallest absolute Gasteiger partial charge is 0.261 e. The normalized spacial score (nSPS) is 13.2. The lowest BCUT2D eigenvalue weighted by Gasteiger charge is -2.17. The van der Waals surface area contributed by atoms with E-state index >= 15 is 0 Å². The summed E-state index contributed by atoms with van der Waals surface area (Å²) in [5, 5.41) is 4.71. The number of benzene rings is 2. The van der Waals surface area contributed by atoms with Crippen molar-refractivity contribution in [1.29, 1.82) is 0 Å². The highest BCUT2D eigenvalue weighted by atomic mass is 32.1. The van der Waals surface area contributed by atoms with Crippen molar-refractivity contribution in [3.05, 3.63) is 116 Å². The minimum Gasteiger partial charge on any atom is -0.493 e. The van der Waals surface area contributed by atoms with E-state index in [0.717, 1.165) is 28.3 Å². The Bertz CT molecular complexity index is 1530. The summed E-state index contributed by atoms with van der Waals surface area (Å²) in [5.41, 5.74) is 1.55. The summed E-state index contributed by atoms with van der Waals surface area (Å²) in [5.74, 6) is -2.09. The molecule has 6 nitrogen and oxygen atoms in total. The molecule has 4 aromatic rings. The predicted octanol–water partition coefficient (Wildman–Crippen LogP) is 5.17. The lowest BCUT2D eigenvalue weighted by Crippen LogP contribution is -2.27. The number of hydrogen-bond donors (Lipinski definition) is 1. The van der Waals surface area contributed by atoms with Crippen LogP contribution in [0.2, 0.25) is 0 Å². The Morgan fingerprint density at radius 1 is 1.05 bits per heavy atom. The van der Waals surface area contributed by atoms with E-state index in [-0.39, 0.29) is 42.7 Å². The summed E-state index contributed by atoms with van der Waals surface area (Å²) in [4.78, 5) is 38.9. The summed E-state index contributed by atoms with van der Waals surface area (Å²) in [6.07, 6.45) is 1.89. The van der Waals surface area contributed by atoms with E-state index < -0.39 is 17.2 Å². The molecule has 0 spiro atoms. The van der Waals surface area contributed by atoms with Crippen LogP contribution in [0.3, 0.4) is 0 Å². The van der Waals surface area contributed by atoms with Crippen LogP contribution in [0, 0.1) is 11.6 Å². The molecule has 0 aliphatic carbocycles. The van der Waals surface area contributed by atoms with Crippen LogP contribution in [-0.4, -0.2) is 22.9 Å². The van der Waals surface area contributed by atoms with Gasteiger partial charge in [0, 0.05) is 35.2 Å². The fourth-order valence-electron chi connectivity index (χ4n) is 4.29. The highest BCUT2D eigenvalue weighted by Gasteiger charge is 2.23. The number of aromatic nitrogens is 1. The summed E-state index contributed by atoms with van der Waals surface area (Å²) >= 11 is 1.50.